The number of thiophene rings is 1. The van der Waals surface area contributed by atoms with E-state index >= 15 is 0 Å². The van der Waals surface area contributed by atoms with E-state index in [1.807, 2.05) is 47.2 Å². The van der Waals surface area contributed by atoms with Crippen molar-refractivity contribution in [3.63, 3.8) is 0 Å². The third-order valence-electron chi connectivity index (χ3n) is 3.08. The molecule has 0 aliphatic heterocycles. The van der Waals surface area contributed by atoms with Gasteiger partial charge in [-0.15, -0.1) is 0 Å². The second-order valence-corrected chi connectivity index (χ2v) is 5.25. The number of aromatic amines is 1. The summed E-state index contributed by atoms with van der Waals surface area (Å²) in [4.78, 5) is 14.7. The lowest BCUT2D eigenvalue weighted by molar-refractivity contribution is 1.23. The van der Waals surface area contributed by atoms with Crippen LogP contribution in [-0.2, 0) is 0 Å². The van der Waals surface area contributed by atoms with E-state index in [2.05, 4.69) is 10.3 Å². The molecule has 0 fully saturated rings. The molecule has 0 bridgehead atoms. The van der Waals surface area contributed by atoms with E-state index in [9.17, 15) is 4.79 Å². The normalized spacial score (nSPS) is 10.3. The Bertz CT molecular complexity index is 807. The molecule has 0 aliphatic rings. The van der Waals surface area contributed by atoms with Gasteiger partial charge in [0.1, 0.15) is 5.69 Å². The van der Waals surface area contributed by atoms with Gasteiger partial charge in [-0.1, -0.05) is 30.3 Å². The zero-order valence-electron chi connectivity index (χ0n) is 11.1. The van der Waals surface area contributed by atoms with Crippen molar-refractivity contribution < 1.29 is 0 Å². The molecule has 2 aromatic heterocycles. The zero-order chi connectivity index (χ0) is 14.7. The Morgan fingerprint density at radius 3 is 2.67 bits per heavy atom. The molecular formula is C16H13N3OS. The van der Waals surface area contributed by atoms with Crippen LogP contribution in [0.2, 0.25) is 0 Å². The fourth-order valence-corrected chi connectivity index (χ4v) is 2.64. The summed E-state index contributed by atoms with van der Waals surface area (Å²) < 4.78 is 0. The maximum atomic E-state index is 12.1. The largest absolute Gasteiger partial charge is 0.350 e. The number of benzene rings is 1. The summed E-state index contributed by atoms with van der Waals surface area (Å²) >= 11 is 1.55. The predicted molar refractivity (Wildman–Crippen MR) is 87.0 cm³/mol. The Morgan fingerprint density at radius 1 is 1.14 bits per heavy atom. The molecule has 0 radical (unpaired) electrons. The minimum absolute atomic E-state index is 0.237. The van der Waals surface area contributed by atoms with Crippen LogP contribution in [0.15, 0.2) is 64.2 Å². The van der Waals surface area contributed by atoms with Crippen LogP contribution in [0.1, 0.15) is 11.1 Å². The number of hydrogen-bond donors (Lipinski definition) is 3. The van der Waals surface area contributed by atoms with Crippen molar-refractivity contribution >= 4 is 28.4 Å². The van der Waals surface area contributed by atoms with Crippen LogP contribution in [0, 0.1) is 5.41 Å². The Morgan fingerprint density at radius 2 is 1.95 bits per heavy atom. The summed E-state index contributed by atoms with van der Waals surface area (Å²) in [5.74, 6) is 0. The molecule has 0 saturated heterocycles. The van der Waals surface area contributed by atoms with Crippen LogP contribution in [0.25, 0.3) is 0 Å². The van der Waals surface area contributed by atoms with Gasteiger partial charge in [0.15, 0.2) is 0 Å². The number of hydrogen-bond acceptors (Lipinski definition) is 4. The summed E-state index contributed by atoms with van der Waals surface area (Å²) in [5, 5.41) is 15.3. The second-order valence-electron chi connectivity index (χ2n) is 4.47. The van der Waals surface area contributed by atoms with E-state index in [1.54, 1.807) is 23.6 Å². The molecule has 3 rings (SSSR count). The molecule has 5 heteroatoms. The summed E-state index contributed by atoms with van der Waals surface area (Å²) in [6.45, 7) is 0. The highest BCUT2D eigenvalue weighted by Crippen LogP contribution is 2.21. The molecule has 0 amide bonds. The van der Waals surface area contributed by atoms with Crippen LogP contribution < -0.4 is 10.9 Å². The molecular weight excluding hydrogens is 282 g/mol. The van der Waals surface area contributed by atoms with Gasteiger partial charge in [-0.05, 0) is 17.5 Å². The number of aromatic nitrogens is 1. The Hall–Kier alpha value is -2.66. The molecule has 4 nitrogen and oxygen atoms in total. The molecule has 1 aromatic carbocycles. The average Bonchev–Trinajstić information content (AvgIpc) is 3.03. The Balaban J connectivity index is 2.05. The highest BCUT2D eigenvalue weighted by Gasteiger charge is 2.13. The molecule has 0 aliphatic carbocycles. The molecule has 0 unspecified atom stereocenters. The monoisotopic (exact) mass is 295 g/mol. The lowest BCUT2D eigenvalue weighted by Crippen LogP contribution is -2.16. The van der Waals surface area contributed by atoms with Gasteiger partial charge in [0.25, 0.3) is 5.56 Å². The van der Waals surface area contributed by atoms with E-state index in [-0.39, 0.29) is 5.56 Å². The van der Waals surface area contributed by atoms with Crippen LogP contribution in [0.4, 0.5) is 11.4 Å². The Labute approximate surface area is 125 Å². The van der Waals surface area contributed by atoms with Crippen molar-refractivity contribution in [2.75, 3.05) is 5.32 Å². The van der Waals surface area contributed by atoms with Crippen molar-refractivity contribution in [1.82, 2.24) is 4.98 Å². The van der Waals surface area contributed by atoms with E-state index in [0.29, 0.717) is 17.0 Å². The Kier molecular flexibility index (Phi) is 3.66. The van der Waals surface area contributed by atoms with Gasteiger partial charge in [0.05, 0.1) is 5.71 Å². The topological polar surface area (TPSA) is 68.7 Å². The highest BCUT2D eigenvalue weighted by atomic mass is 32.1. The molecule has 3 N–H and O–H groups in total. The van der Waals surface area contributed by atoms with E-state index < -0.39 is 0 Å². The van der Waals surface area contributed by atoms with Crippen molar-refractivity contribution in [2.45, 2.75) is 0 Å². The van der Waals surface area contributed by atoms with E-state index in [0.717, 1.165) is 11.3 Å². The van der Waals surface area contributed by atoms with Crippen molar-refractivity contribution in [1.29, 1.82) is 5.41 Å². The molecule has 3 aromatic rings. The van der Waals surface area contributed by atoms with Gasteiger partial charge in [-0.3, -0.25) is 10.2 Å². The first kappa shape index (κ1) is 13.3. The number of H-pyrrole nitrogens is 1. The fraction of sp³-hybridized carbons (Fsp3) is 0. The summed E-state index contributed by atoms with van der Waals surface area (Å²) in [6.07, 6.45) is 1.56. The van der Waals surface area contributed by atoms with Crippen LogP contribution >= 0.6 is 11.3 Å². The highest BCUT2D eigenvalue weighted by molar-refractivity contribution is 7.08. The van der Waals surface area contributed by atoms with Crippen LogP contribution in [-0.4, -0.2) is 10.7 Å². The molecule has 21 heavy (non-hydrogen) atoms. The molecule has 104 valence electrons. The minimum atomic E-state index is -0.237. The van der Waals surface area contributed by atoms with E-state index in [1.165, 1.54) is 0 Å². The third kappa shape index (κ3) is 2.78. The standard InChI is InChI=1S/C16H13N3OS/c17-14(11-4-2-1-3-5-11)13-6-8-18-16(20)15(13)19-12-7-9-21-10-12/h1-10,17,19H,(H,18,20). The van der Waals surface area contributed by atoms with Gasteiger partial charge in [0.2, 0.25) is 0 Å². The fourth-order valence-electron chi connectivity index (χ4n) is 2.05. The summed E-state index contributed by atoms with van der Waals surface area (Å²) in [6, 6.07) is 13.0. The molecule has 0 saturated carbocycles. The van der Waals surface area contributed by atoms with Crippen molar-refractivity contribution in [3.8, 4) is 0 Å². The van der Waals surface area contributed by atoms with Gasteiger partial charge in [-0.2, -0.15) is 11.3 Å². The number of rotatable bonds is 4. The second kappa shape index (κ2) is 5.76. The first-order valence-corrected chi connectivity index (χ1v) is 7.35. The lowest BCUT2D eigenvalue weighted by atomic mass is 10.0. The number of nitrogens with one attached hydrogen (secondary N) is 3. The van der Waals surface area contributed by atoms with Gasteiger partial charge in [0, 0.05) is 28.4 Å². The number of pyridine rings is 1. The minimum Gasteiger partial charge on any atom is -0.350 e. The zero-order valence-corrected chi connectivity index (χ0v) is 11.9. The molecule has 0 atom stereocenters. The van der Waals surface area contributed by atoms with Gasteiger partial charge < -0.3 is 10.3 Å². The quantitative estimate of drug-likeness (QED) is 0.644. The van der Waals surface area contributed by atoms with Crippen molar-refractivity contribution in [3.05, 3.63) is 80.9 Å². The van der Waals surface area contributed by atoms with Crippen LogP contribution in [0.5, 0.6) is 0 Å². The maximum Gasteiger partial charge on any atom is 0.272 e. The lowest BCUT2D eigenvalue weighted by Gasteiger charge is -2.11. The summed E-state index contributed by atoms with van der Waals surface area (Å²) in [5.41, 5.74) is 2.68. The molecule has 0 spiro atoms. The van der Waals surface area contributed by atoms with Crippen molar-refractivity contribution in [2.24, 2.45) is 0 Å². The average molecular weight is 295 g/mol. The molecule has 2 heterocycles. The maximum absolute atomic E-state index is 12.1. The van der Waals surface area contributed by atoms with E-state index in [4.69, 9.17) is 5.41 Å². The van der Waals surface area contributed by atoms with Gasteiger partial charge >= 0.3 is 0 Å². The number of anilines is 2. The first-order chi connectivity index (χ1) is 10.3. The smallest absolute Gasteiger partial charge is 0.272 e. The first-order valence-electron chi connectivity index (χ1n) is 6.41. The SMILES string of the molecule is N=C(c1ccccc1)c1cc[nH]c(=O)c1Nc1ccsc1. The summed E-state index contributed by atoms with van der Waals surface area (Å²) in [7, 11) is 0. The van der Waals surface area contributed by atoms with Crippen LogP contribution in [0.3, 0.4) is 0 Å². The predicted octanol–water partition coefficient (Wildman–Crippen LogP) is 3.60. The third-order valence-corrected chi connectivity index (χ3v) is 3.77. The van der Waals surface area contributed by atoms with Gasteiger partial charge in [-0.25, -0.2) is 0 Å².